The van der Waals surface area contributed by atoms with Gasteiger partial charge in [0.2, 0.25) is 5.91 Å². The molecule has 0 unspecified atom stereocenters. The number of benzene rings is 2. The van der Waals surface area contributed by atoms with Crippen LogP contribution in [0.15, 0.2) is 42.5 Å². The van der Waals surface area contributed by atoms with E-state index in [9.17, 15) is 14.4 Å². The van der Waals surface area contributed by atoms with Crippen molar-refractivity contribution in [3.05, 3.63) is 64.7 Å². The summed E-state index contributed by atoms with van der Waals surface area (Å²) in [6.07, 6.45) is 10.6. The van der Waals surface area contributed by atoms with Gasteiger partial charge in [-0.15, -0.1) is 0 Å². The SMILES string of the molecule is CCc1ccc(C[C@@H](NC(=O)N2CCC(N3CCc4ccccc4NC3=O)CC2)C(=O)N2CCC(N3CCCCC3)CC2)cc1CC. The molecule has 9 nitrogen and oxygen atoms in total. The lowest BCUT2D eigenvalue weighted by Crippen LogP contribution is -2.57. The van der Waals surface area contributed by atoms with Crippen molar-refractivity contribution in [2.45, 2.75) is 103 Å². The van der Waals surface area contributed by atoms with Crippen molar-refractivity contribution in [1.82, 2.24) is 24.9 Å². The molecule has 9 heteroatoms. The normalized spacial score (nSPS) is 20.7. The Morgan fingerprint density at radius 3 is 2.21 bits per heavy atom. The minimum absolute atomic E-state index is 0.0313. The molecule has 3 fully saturated rings. The van der Waals surface area contributed by atoms with E-state index in [1.165, 1.54) is 43.5 Å². The molecule has 0 saturated carbocycles. The second-order valence-corrected chi connectivity index (χ2v) is 13.9. The van der Waals surface area contributed by atoms with Crippen molar-refractivity contribution in [2.24, 2.45) is 0 Å². The van der Waals surface area contributed by atoms with Crippen molar-refractivity contribution >= 4 is 23.7 Å². The van der Waals surface area contributed by atoms with Crippen LogP contribution in [0.25, 0.3) is 0 Å². The van der Waals surface area contributed by atoms with Gasteiger partial charge < -0.3 is 30.2 Å². The van der Waals surface area contributed by atoms with E-state index < -0.39 is 6.04 Å². The van der Waals surface area contributed by atoms with Crippen LogP contribution in [0.3, 0.4) is 0 Å². The lowest BCUT2D eigenvalue weighted by atomic mass is 9.95. The highest BCUT2D eigenvalue weighted by Crippen LogP contribution is 2.26. The van der Waals surface area contributed by atoms with Crippen molar-refractivity contribution in [2.75, 3.05) is 51.1 Å². The summed E-state index contributed by atoms with van der Waals surface area (Å²) < 4.78 is 0. The number of nitrogens with zero attached hydrogens (tertiary/aromatic N) is 4. The molecule has 4 heterocycles. The van der Waals surface area contributed by atoms with Gasteiger partial charge >= 0.3 is 12.1 Å². The van der Waals surface area contributed by atoms with Gasteiger partial charge in [-0.3, -0.25) is 4.79 Å². The van der Waals surface area contributed by atoms with E-state index in [-0.39, 0.29) is 24.0 Å². The van der Waals surface area contributed by atoms with Crippen molar-refractivity contribution < 1.29 is 14.4 Å². The topological polar surface area (TPSA) is 88.2 Å². The van der Waals surface area contributed by atoms with Crippen LogP contribution < -0.4 is 10.6 Å². The summed E-state index contributed by atoms with van der Waals surface area (Å²) in [5.74, 6) is 0.0313. The van der Waals surface area contributed by atoms with Crippen LogP contribution in [-0.4, -0.2) is 102 Å². The van der Waals surface area contributed by atoms with E-state index in [0.717, 1.165) is 74.8 Å². The third-order valence-corrected chi connectivity index (χ3v) is 11.1. The van der Waals surface area contributed by atoms with Crippen molar-refractivity contribution in [3.63, 3.8) is 0 Å². The number of rotatable bonds is 8. The number of carbonyl (C=O) groups is 3. The molecule has 0 aromatic heterocycles. The fourth-order valence-corrected chi connectivity index (χ4v) is 8.23. The minimum atomic E-state index is -0.612. The number of carbonyl (C=O) groups excluding carboxylic acids is 3. The minimum Gasteiger partial charge on any atom is -0.341 e. The zero-order valence-corrected chi connectivity index (χ0v) is 28.5. The standard InChI is InChI=1S/C38H54N6O3/c1-3-29-13-12-28(26-30(29)4-2)27-35(36(45)42-21-15-32(16-22-42)41-19-8-5-9-20-41)40-37(46)43-23-17-33(18-24-43)44-25-14-31-10-6-7-11-34(31)39-38(44)47/h6-7,10-13,26,32-33,35H,3-5,8-9,14-25,27H2,1-2H3,(H,39,47)(H,40,46)/t35-/m1/s1. The van der Waals surface area contributed by atoms with Crippen LogP contribution in [0.1, 0.15) is 81.0 Å². The molecule has 0 radical (unpaired) electrons. The number of nitrogens with one attached hydrogen (secondary N) is 2. The number of piperidine rings is 3. The third-order valence-electron chi connectivity index (χ3n) is 11.1. The lowest BCUT2D eigenvalue weighted by Gasteiger charge is -2.41. The smallest absolute Gasteiger partial charge is 0.322 e. The predicted molar refractivity (Wildman–Crippen MR) is 187 cm³/mol. The van der Waals surface area contributed by atoms with Gasteiger partial charge in [0.05, 0.1) is 0 Å². The second kappa shape index (κ2) is 15.5. The number of amides is 5. The van der Waals surface area contributed by atoms with Crippen LogP contribution in [0.5, 0.6) is 0 Å². The number of likely N-dealkylation sites (tertiary alicyclic amines) is 3. The van der Waals surface area contributed by atoms with Gasteiger partial charge in [0.15, 0.2) is 0 Å². The summed E-state index contributed by atoms with van der Waals surface area (Å²) in [5.41, 5.74) is 5.79. The largest absolute Gasteiger partial charge is 0.341 e. The highest BCUT2D eigenvalue weighted by Gasteiger charge is 2.35. The Balaban J connectivity index is 1.09. The third kappa shape index (κ3) is 7.94. The maximum Gasteiger partial charge on any atom is 0.322 e. The van der Waals surface area contributed by atoms with Crippen LogP contribution in [0.4, 0.5) is 15.3 Å². The van der Waals surface area contributed by atoms with Gasteiger partial charge in [0.25, 0.3) is 0 Å². The van der Waals surface area contributed by atoms with Crippen LogP contribution in [0.2, 0.25) is 0 Å². The van der Waals surface area contributed by atoms with E-state index in [1.807, 2.05) is 32.9 Å². The number of para-hydroxylation sites is 1. The lowest BCUT2D eigenvalue weighted by molar-refractivity contribution is -0.134. The number of aryl methyl sites for hydroxylation is 2. The van der Waals surface area contributed by atoms with Crippen molar-refractivity contribution in [3.8, 4) is 0 Å². The Labute approximate surface area is 281 Å². The molecular formula is C38H54N6O3. The summed E-state index contributed by atoms with van der Waals surface area (Å²) in [6, 6.07) is 14.3. The molecule has 47 heavy (non-hydrogen) atoms. The molecular weight excluding hydrogens is 588 g/mol. The zero-order valence-electron chi connectivity index (χ0n) is 28.5. The highest BCUT2D eigenvalue weighted by molar-refractivity contribution is 5.91. The zero-order chi connectivity index (χ0) is 32.8. The van der Waals surface area contributed by atoms with E-state index in [0.29, 0.717) is 32.1 Å². The van der Waals surface area contributed by atoms with Crippen molar-refractivity contribution in [1.29, 1.82) is 0 Å². The highest BCUT2D eigenvalue weighted by atomic mass is 16.2. The Morgan fingerprint density at radius 1 is 0.809 bits per heavy atom. The fourth-order valence-electron chi connectivity index (χ4n) is 8.23. The van der Waals surface area contributed by atoms with Gasteiger partial charge in [0, 0.05) is 56.9 Å². The second-order valence-electron chi connectivity index (χ2n) is 13.9. The number of anilines is 1. The maximum absolute atomic E-state index is 14.1. The monoisotopic (exact) mass is 642 g/mol. The van der Waals surface area contributed by atoms with E-state index in [4.69, 9.17) is 0 Å². The average molecular weight is 643 g/mol. The molecule has 0 aliphatic carbocycles. The molecule has 2 aromatic carbocycles. The van der Waals surface area contributed by atoms with Gasteiger partial charge in [-0.2, -0.15) is 0 Å². The first-order valence-electron chi connectivity index (χ1n) is 18.3. The Hall–Kier alpha value is -3.59. The van der Waals surface area contributed by atoms with E-state index in [2.05, 4.69) is 53.6 Å². The van der Waals surface area contributed by atoms with Gasteiger partial charge in [-0.05, 0) is 99.2 Å². The quantitative estimate of drug-likeness (QED) is 0.400. The van der Waals surface area contributed by atoms with Gasteiger partial charge in [0.1, 0.15) is 6.04 Å². The summed E-state index contributed by atoms with van der Waals surface area (Å²) >= 11 is 0. The summed E-state index contributed by atoms with van der Waals surface area (Å²) in [6.45, 7) is 9.98. The molecule has 2 N–H and O–H groups in total. The van der Waals surface area contributed by atoms with E-state index >= 15 is 0 Å². The van der Waals surface area contributed by atoms with Crippen LogP contribution >= 0.6 is 0 Å². The molecule has 0 spiro atoms. The number of fused-ring (bicyclic) bond motifs is 1. The maximum atomic E-state index is 14.1. The average Bonchev–Trinajstić information content (AvgIpc) is 3.29. The van der Waals surface area contributed by atoms with E-state index in [1.54, 1.807) is 0 Å². The first-order chi connectivity index (χ1) is 22.9. The molecule has 4 aliphatic rings. The molecule has 2 aromatic rings. The molecule has 0 bridgehead atoms. The van der Waals surface area contributed by atoms with Crippen LogP contribution in [-0.2, 0) is 30.5 Å². The molecule has 254 valence electrons. The number of hydrogen-bond donors (Lipinski definition) is 2. The molecule has 5 amide bonds. The molecule has 3 saturated heterocycles. The summed E-state index contributed by atoms with van der Waals surface area (Å²) in [5, 5.41) is 6.27. The fraction of sp³-hybridized carbons (Fsp3) is 0.605. The Kier molecular flexibility index (Phi) is 11.0. The Bertz CT molecular complexity index is 1390. The predicted octanol–water partition coefficient (Wildman–Crippen LogP) is 5.46. The van der Waals surface area contributed by atoms with Gasteiger partial charge in [-0.25, -0.2) is 9.59 Å². The summed E-state index contributed by atoms with van der Waals surface area (Å²) in [4.78, 5) is 49.4. The Morgan fingerprint density at radius 2 is 1.49 bits per heavy atom. The number of urea groups is 2. The number of hydrogen-bond acceptors (Lipinski definition) is 4. The van der Waals surface area contributed by atoms with Gasteiger partial charge in [-0.1, -0.05) is 56.7 Å². The molecule has 4 aliphatic heterocycles. The summed E-state index contributed by atoms with van der Waals surface area (Å²) in [7, 11) is 0. The first-order valence-corrected chi connectivity index (χ1v) is 18.3. The molecule has 6 rings (SSSR count). The first kappa shape index (κ1) is 33.3. The van der Waals surface area contributed by atoms with Crippen LogP contribution in [0, 0.1) is 0 Å². The molecule has 1 atom stereocenters.